The second kappa shape index (κ2) is 8.79. The van der Waals surface area contributed by atoms with Crippen LogP contribution in [0.15, 0.2) is 47.8 Å². The smallest absolute Gasteiger partial charge is 0.258 e. The summed E-state index contributed by atoms with van der Waals surface area (Å²) < 4.78 is 14.0. The molecule has 1 aromatic heterocycles. The Bertz CT molecular complexity index is 997. The van der Waals surface area contributed by atoms with Crippen LogP contribution >= 0.6 is 34.5 Å². The first-order chi connectivity index (χ1) is 14.0. The fourth-order valence-electron chi connectivity index (χ4n) is 3.30. The van der Waals surface area contributed by atoms with Gasteiger partial charge in [-0.2, -0.15) is 0 Å². The average molecular weight is 450 g/mol. The molecular weight excluding hydrogens is 432 g/mol. The van der Waals surface area contributed by atoms with Gasteiger partial charge >= 0.3 is 0 Å². The summed E-state index contributed by atoms with van der Waals surface area (Å²) in [6.07, 6.45) is 0. The molecule has 2 heterocycles. The second-order valence-corrected chi connectivity index (χ2v) is 8.58. The summed E-state index contributed by atoms with van der Waals surface area (Å²) in [6.45, 7) is 3.18. The van der Waals surface area contributed by atoms with E-state index in [9.17, 15) is 9.18 Å². The van der Waals surface area contributed by atoms with Crippen molar-refractivity contribution in [2.45, 2.75) is 6.54 Å². The van der Waals surface area contributed by atoms with E-state index in [0.29, 0.717) is 31.2 Å². The zero-order chi connectivity index (χ0) is 20.4. The summed E-state index contributed by atoms with van der Waals surface area (Å²) in [6, 6.07) is 11.9. The van der Waals surface area contributed by atoms with Gasteiger partial charge in [-0.25, -0.2) is 9.37 Å². The van der Waals surface area contributed by atoms with E-state index < -0.39 is 5.82 Å². The molecular formula is C21H18Cl2FN3OS. The number of rotatable bonds is 4. The molecule has 1 aliphatic rings. The molecule has 0 spiro atoms. The lowest BCUT2D eigenvalue weighted by Gasteiger charge is -2.34. The number of thiazole rings is 1. The maximum atomic E-state index is 14.0. The molecule has 1 aliphatic heterocycles. The van der Waals surface area contributed by atoms with Crippen molar-refractivity contribution in [3.8, 4) is 11.3 Å². The van der Waals surface area contributed by atoms with E-state index in [1.54, 1.807) is 16.2 Å². The number of hydrogen-bond donors (Lipinski definition) is 0. The minimum atomic E-state index is -0.581. The molecule has 1 fully saturated rings. The maximum absolute atomic E-state index is 14.0. The van der Waals surface area contributed by atoms with Gasteiger partial charge in [0, 0.05) is 42.1 Å². The van der Waals surface area contributed by atoms with Gasteiger partial charge in [0.25, 0.3) is 5.91 Å². The predicted octanol–water partition coefficient (Wildman–Crippen LogP) is 5.21. The van der Waals surface area contributed by atoms with Crippen LogP contribution in [-0.2, 0) is 6.54 Å². The van der Waals surface area contributed by atoms with Gasteiger partial charge in [-0.15, -0.1) is 11.3 Å². The Balaban J connectivity index is 1.36. The third-order valence-corrected chi connectivity index (χ3v) is 6.29. The molecule has 1 saturated heterocycles. The molecule has 0 N–H and O–H groups in total. The summed E-state index contributed by atoms with van der Waals surface area (Å²) in [5, 5.41) is 3.91. The lowest BCUT2D eigenvalue weighted by Crippen LogP contribution is -2.48. The molecule has 4 rings (SSSR count). The van der Waals surface area contributed by atoms with Gasteiger partial charge in [-0.05, 0) is 24.3 Å². The van der Waals surface area contributed by atoms with Crippen LogP contribution in [0.3, 0.4) is 0 Å². The maximum Gasteiger partial charge on any atom is 0.258 e. The van der Waals surface area contributed by atoms with Crippen molar-refractivity contribution < 1.29 is 9.18 Å². The molecule has 0 unspecified atom stereocenters. The highest BCUT2D eigenvalue weighted by Gasteiger charge is 2.26. The first kappa shape index (κ1) is 20.3. The Morgan fingerprint density at radius 1 is 1.07 bits per heavy atom. The van der Waals surface area contributed by atoms with E-state index in [1.807, 2.05) is 29.6 Å². The highest BCUT2D eigenvalue weighted by molar-refractivity contribution is 7.09. The molecule has 8 heteroatoms. The largest absolute Gasteiger partial charge is 0.336 e. The molecule has 0 bridgehead atoms. The van der Waals surface area contributed by atoms with Crippen molar-refractivity contribution >= 4 is 40.4 Å². The van der Waals surface area contributed by atoms with E-state index in [4.69, 9.17) is 28.2 Å². The van der Waals surface area contributed by atoms with Gasteiger partial charge in [-0.3, -0.25) is 9.69 Å². The number of aromatic nitrogens is 1. The zero-order valence-corrected chi connectivity index (χ0v) is 17.8. The fourth-order valence-corrected chi connectivity index (χ4v) is 4.51. The van der Waals surface area contributed by atoms with Gasteiger partial charge in [0.2, 0.25) is 0 Å². The zero-order valence-electron chi connectivity index (χ0n) is 15.4. The Morgan fingerprint density at radius 3 is 2.48 bits per heavy atom. The van der Waals surface area contributed by atoms with Crippen LogP contribution in [0.5, 0.6) is 0 Å². The molecule has 2 aromatic carbocycles. The third-order valence-electron chi connectivity index (χ3n) is 4.89. The topological polar surface area (TPSA) is 36.4 Å². The SMILES string of the molecule is O=C(c1c(F)cccc1Cl)N1CCN(Cc2nc(-c3ccc(Cl)cc3)cs2)CC1. The van der Waals surface area contributed by atoms with E-state index in [-0.39, 0.29) is 16.5 Å². The molecule has 4 nitrogen and oxygen atoms in total. The standard InChI is InChI=1S/C21H18Cl2FN3OS/c22-15-6-4-14(5-7-15)18-13-29-19(25-18)12-26-8-10-27(11-9-26)21(28)20-16(23)2-1-3-17(20)24/h1-7,13H,8-12H2. The minimum absolute atomic E-state index is 0.0462. The Kier molecular flexibility index (Phi) is 6.15. The highest BCUT2D eigenvalue weighted by atomic mass is 35.5. The van der Waals surface area contributed by atoms with Gasteiger partial charge in [0.15, 0.2) is 0 Å². The van der Waals surface area contributed by atoms with E-state index in [2.05, 4.69) is 4.90 Å². The van der Waals surface area contributed by atoms with Crippen LogP contribution in [0.2, 0.25) is 10.0 Å². The molecule has 150 valence electrons. The second-order valence-electron chi connectivity index (χ2n) is 6.80. The third kappa shape index (κ3) is 4.61. The van der Waals surface area contributed by atoms with Crippen molar-refractivity contribution in [2.24, 2.45) is 0 Å². The summed E-state index contributed by atoms with van der Waals surface area (Å²) >= 11 is 13.6. The number of nitrogens with zero attached hydrogens (tertiary/aromatic N) is 3. The summed E-state index contributed by atoms with van der Waals surface area (Å²) in [5.74, 6) is -0.936. The van der Waals surface area contributed by atoms with Crippen LogP contribution in [0.1, 0.15) is 15.4 Å². The summed E-state index contributed by atoms with van der Waals surface area (Å²) in [7, 11) is 0. The number of piperazine rings is 1. The fraction of sp³-hybridized carbons (Fsp3) is 0.238. The lowest BCUT2D eigenvalue weighted by atomic mass is 10.1. The number of amides is 1. The average Bonchev–Trinajstić information content (AvgIpc) is 3.17. The number of carbonyl (C=O) groups is 1. The van der Waals surface area contributed by atoms with E-state index in [1.165, 1.54) is 18.2 Å². The quantitative estimate of drug-likeness (QED) is 0.548. The van der Waals surface area contributed by atoms with Crippen LogP contribution < -0.4 is 0 Å². The normalized spacial score (nSPS) is 14.9. The highest BCUT2D eigenvalue weighted by Crippen LogP contribution is 2.25. The molecule has 1 amide bonds. The minimum Gasteiger partial charge on any atom is -0.336 e. The summed E-state index contributed by atoms with van der Waals surface area (Å²) in [4.78, 5) is 21.3. The Morgan fingerprint density at radius 2 is 1.79 bits per heavy atom. The number of halogens is 3. The van der Waals surface area contributed by atoms with Crippen molar-refractivity contribution in [1.29, 1.82) is 0 Å². The first-order valence-electron chi connectivity index (χ1n) is 9.17. The van der Waals surface area contributed by atoms with Gasteiger partial charge in [0.1, 0.15) is 10.8 Å². The molecule has 0 atom stereocenters. The monoisotopic (exact) mass is 449 g/mol. The predicted molar refractivity (Wildman–Crippen MR) is 115 cm³/mol. The first-order valence-corrected chi connectivity index (χ1v) is 10.8. The molecule has 29 heavy (non-hydrogen) atoms. The van der Waals surface area contributed by atoms with Crippen molar-refractivity contribution in [3.05, 3.63) is 74.3 Å². The van der Waals surface area contributed by atoms with Crippen LogP contribution in [-0.4, -0.2) is 46.9 Å². The van der Waals surface area contributed by atoms with Crippen LogP contribution in [0, 0.1) is 5.82 Å². The Labute approximate surface area is 182 Å². The van der Waals surface area contributed by atoms with Gasteiger partial charge in [0.05, 0.1) is 22.8 Å². The number of hydrogen-bond acceptors (Lipinski definition) is 4. The van der Waals surface area contributed by atoms with Gasteiger partial charge in [-0.1, -0.05) is 41.4 Å². The van der Waals surface area contributed by atoms with Crippen molar-refractivity contribution in [1.82, 2.24) is 14.8 Å². The van der Waals surface area contributed by atoms with Crippen molar-refractivity contribution in [3.63, 3.8) is 0 Å². The van der Waals surface area contributed by atoms with Crippen LogP contribution in [0.4, 0.5) is 4.39 Å². The molecule has 0 saturated carbocycles. The number of benzene rings is 2. The molecule has 0 radical (unpaired) electrons. The van der Waals surface area contributed by atoms with E-state index in [0.717, 1.165) is 22.8 Å². The number of carbonyl (C=O) groups excluding carboxylic acids is 1. The lowest BCUT2D eigenvalue weighted by molar-refractivity contribution is 0.0624. The molecule has 3 aromatic rings. The van der Waals surface area contributed by atoms with Gasteiger partial charge < -0.3 is 4.90 Å². The van der Waals surface area contributed by atoms with Crippen LogP contribution in [0.25, 0.3) is 11.3 Å². The summed E-state index contributed by atoms with van der Waals surface area (Å²) in [5.41, 5.74) is 1.92. The Hall–Kier alpha value is -1.99. The van der Waals surface area contributed by atoms with Crippen molar-refractivity contribution in [2.75, 3.05) is 26.2 Å². The molecule has 0 aliphatic carbocycles. The van der Waals surface area contributed by atoms with E-state index >= 15 is 0 Å².